The van der Waals surface area contributed by atoms with Crippen LogP contribution in [0.25, 0.3) is 0 Å². The molecule has 2 saturated heterocycles. The smallest absolute Gasteiger partial charge is 0.410 e. The molecule has 0 N–H and O–H groups in total. The molecular weight excluding hydrogens is 248 g/mol. The number of nitrogens with zero attached hydrogens (tertiary/aromatic N) is 2. The molecule has 0 radical (unpaired) electrons. The summed E-state index contributed by atoms with van der Waals surface area (Å²) in [4.78, 5) is 27.2. The van der Waals surface area contributed by atoms with E-state index in [9.17, 15) is 9.59 Å². The molecule has 0 aromatic rings. The van der Waals surface area contributed by atoms with Crippen molar-refractivity contribution in [3.8, 4) is 0 Å². The maximum atomic E-state index is 11.9. The molecule has 6 heteroatoms. The Hall–Kier alpha value is -1.30. The Morgan fingerprint density at radius 3 is 2.37 bits per heavy atom. The van der Waals surface area contributed by atoms with E-state index in [-0.39, 0.29) is 18.1 Å². The number of rotatable bonds is 1. The highest BCUT2D eigenvalue weighted by molar-refractivity contribution is 5.77. The lowest BCUT2D eigenvalue weighted by molar-refractivity contribution is -0.142. The molecule has 0 aromatic carbocycles. The van der Waals surface area contributed by atoms with E-state index in [0.29, 0.717) is 32.8 Å². The van der Waals surface area contributed by atoms with E-state index in [0.717, 1.165) is 6.42 Å². The molecule has 19 heavy (non-hydrogen) atoms. The Labute approximate surface area is 113 Å². The van der Waals surface area contributed by atoms with Crippen LogP contribution in [0.4, 0.5) is 4.79 Å². The predicted molar refractivity (Wildman–Crippen MR) is 68.7 cm³/mol. The topological polar surface area (TPSA) is 59.1 Å². The molecule has 2 aliphatic rings. The van der Waals surface area contributed by atoms with Gasteiger partial charge >= 0.3 is 12.1 Å². The SMILES string of the molecule is CC(C)(C)OC(=O)N1CCN([C@@H]2CCOC2=O)CC1. The highest BCUT2D eigenvalue weighted by atomic mass is 16.6. The van der Waals surface area contributed by atoms with Crippen molar-refractivity contribution in [1.82, 2.24) is 9.80 Å². The molecule has 2 rings (SSSR count). The van der Waals surface area contributed by atoms with Gasteiger partial charge < -0.3 is 14.4 Å². The van der Waals surface area contributed by atoms with Crippen molar-refractivity contribution >= 4 is 12.1 Å². The van der Waals surface area contributed by atoms with E-state index in [1.807, 2.05) is 20.8 Å². The molecule has 2 heterocycles. The number of cyclic esters (lactones) is 1. The Balaban J connectivity index is 1.82. The summed E-state index contributed by atoms with van der Waals surface area (Å²) in [5.74, 6) is -0.134. The zero-order valence-electron chi connectivity index (χ0n) is 11.8. The number of piperazine rings is 1. The van der Waals surface area contributed by atoms with E-state index in [4.69, 9.17) is 9.47 Å². The fraction of sp³-hybridized carbons (Fsp3) is 0.846. The highest BCUT2D eigenvalue weighted by Gasteiger charge is 2.35. The summed E-state index contributed by atoms with van der Waals surface area (Å²) in [5, 5.41) is 0. The number of hydrogen-bond acceptors (Lipinski definition) is 5. The number of amides is 1. The molecule has 0 aromatic heterocycles. The molecule has 108 valence electrons. The van der Waals surface area contributed by atoms with Crippen LogP contribution in [-0.2, 0) is 14.3 Å². The lowest BCUT2D eigenvalue weighted by atomic mass is 10.2. The van der Waals surface area contributed by atoms with Crippen molar-refractivity contribution < 1.29 is 19.1 Å². The van der Waals surface area contributed by atoms with Gasteiger partial charge in [-0.3, -0.25) is 9.69 Å². The van der Waals surface area contributed by atoms with Crippen molar-refractivity contribution in [2.45, 2.75) is 38.8 Å². The molecule has 0 saturated carbocycles. The summed E-state index contributed by atoms with van der Waals surface area (Å²) in [5.41, 5.74) is -0.469. The molecule has 0 aliphatic carbocycles. The molecule has 1 atom stereocenters. The summed E-state index contributed by atoms with van der Waals surface area (Å²) < 4.78 is 10.3. The van der Waals surface area contributed by atoms with Gasteiger partial charge in [-0.1, -0.05) is 0 Å². The zero-order chi connectivity index (χ0) is 14.0. The van der Waals surface area contributed by atoms with Crippen molar-refractivity contribution in [3.05, 3.63) is 0 Å². The van der Waals surface area contributed by atoms with Gasteiger partial charge in [0.1, 0.15) is 11.6 Å². The van der Waals surface area contributed by atoms with Crippen molar-refractivity contribution in [2.24, 2.45) is 0 Å². The van der Waals surface area contributed by atoms with E-state index in [1.165, 1.54) is 0 Å². The fourth-order valence-electron chi connectivity index (χ4n) is 2.36. The van der Waals surface area contributed by atoms with Gasteiger partial charge in [0.25, 0.3) is 0 Å². The van der Waals surface area contributed by atoms with Crippen molar-refractivity contribution in [2.75, 3.05) is 32.8 Å². The maximum Gasteiger partial charge on any atom is 0.410 e. The van der Waals surface area contributed by atoms with Crippen molar-refractivity contribution in [3.63, 3.8) is 0 Å². The number of carbonyl (C=O) groups excluding carboxylic acids is 2. The lowest BCUT2D eigenvalue weighted by Gasteiger charge is -2.37. The first-order valence-corrected chi connectivity index (χ1v) is 6.75. The van der Waals surface area contributed by atoms with Gasteiger partial charge in [-0.2, -0.15) is 0 Å². The molecular formula is C13H22N2O4. The van der Waals surface area contributed by atoms with Gasteiger partial charge in [-0.15, -0.1) is 0 Å². The molecule has 1 amide bonds. The maximum absolute atomic E-state index is 11.9. The van der Waals surface area contributed by atoms with Crippen LogP contribution in [0.2, 0.25) is 0 Å². The standard InChI is InChI=1S/C13H22N2O4/c1-13(2,3)19-12(17)15-7-5-14(6-8-15)10-4-9-18-11(10)16/h10H,4-9H2,1-3H3/t10-/m1/s1. The van der Waals surface area contributed by atoms with Crippen LogP contribution < -0.4 is 0 Å². The molecule has 0 spiro atoms. The lowest BCUT2D eigenvalue weighted by Crippen LogP contribution is -2.53. The van der Waals surface area contributed by atoms with E-state index in [2.05, 4.69) is 4.90 Å². The average Bonchev–Trinajstić information content (AvgIpc) is 2.73. The highest BCUT2D eigenvalue weighted by Crippen LogP contribution is 2.17. The van der Waals surface area contributed by atoms with Gasteiger partial charge in [0.15, 0.2) is 0 Å². The van der Waals surface area contributed by atoms with Gasteiger partial charge in [-0.05, 0) is 20.8 Å². The summed E-state index contributed by atoms with van der Waals surface area (Å²) in [6, 6.07) is -0.124. The fourth-order valence-corrected chi connectivity index (χ4v) is 2.36. The second-order valence-corrected chi connectivity index (χ2v) is 5.98. The third-order valence-electron chi connectivity index (χ3n) is 3.31. The van der Waals surface area contributed by atoms with Crippen LogP contribution in [0.1, 0.15) is 27.2 Å². The predicted octanol–water partition coefficient (Wildman–Crippen LogP) is 0.855. The quantitative estimate of drug-likeness (QED) is 0.661. The summed E-state index contributed by atoms with van der Waals surface area (Å²) in [6.07, 6.45) is 0.479. The first-order chi connectivity index (χ1) is 8.87. The molecule has 0 bridgehead atoms. The normalized spacial score (nSPS) is 25.3. The van der Waals surface area contributed by atoms with Crippen LogP contribution in [0.3, 0.4) is 0 Å². The van der Waals surface area contributed by atoms with Crippen LogP contribution >= 0.6 is 0 Å². The Morgan fingerprint density at radius 2 is 1.89 bits per heavy atom. The monoisotopic (exact) mass is 270 g/mol. The second kappa shape index (κ2) is 5.36. The summed E-state index contributed by atoms with van der Waals surface area (Å²) >= 11 is 0. The van der Waals surface area contributed by atoms with Crippen LogP contribution in [0.5, 0.6) is 0 Å². The van der Waals surface area contributed by atoms with Gasteiger partial charge in [0, 0.05) is 32.6 Å². The van der Waals surface area contributed by atoms with Crippen LogP contribution in [-0.4, -0.2) is 66.3 Å². The second-order valence-electron chi connectivity index (χ2n) is 5.98. The minimum Gasteiger partial charge on any atom is -0.464 e. The minimum absolute atomic E-state index is 0.124. The molecule has 2 fully saturated rings. The van der Waals surface area contributed by atoms with Gasteiger partial charge in [0.05, 0.1) is 6.61 Å². The molecule has 2 aliphatic heterocycles. The third kappa shape index (κ3) is 3.59. The first-order valence-electron chi connectivity index (χ1n) is 6.75. The molecule has 0 unspecified atom stereocenters. The summed E-state index contributed by atoms with van der Waals surface area (Å²) in [6.45, 7) is 8.66. The minimum atomic E-state index is -0.469. The molecule has 6 nitrogen and oxygen atoms in total. The number of esters is 1. The van der Waals surface area contributed by atoms with E-state index >= 15 is 0 Å². The number of carbonyl (C=O) groups is 2. The Kier molecular flexibility index (Phi) is 3.99. The van der Waals surface area contributed by atoms with Gasteiger partial charge in [0.2, 0.25) is 0 Å². The Bertz CT molecular complexity index is 356. The van der Waals surface area contributed by atoms with E-state index < -0.39 is 5.60 Å². The zero-order valence-corrected chi connectivity index (χ0v) is 11.8. The number of hydrogen-bond donors (Lipinski definition) is 0. The van der Waals surface area contributed by atoms with Crippen LogP contribution in [0.15, 0.2) is 0 Å². The van der Waals surface area contributed by atoms with E-state index in [1.54, 1.807) is 4.90 Å². The van der Waals surface area contributed by atoms with Gasteiger partial charge in [-0.25, -0.2) is 4.79 Å². The Morgan fingerprint density at radius 1 is 1.26 bits per heavy atom. The first kappa shape index (κ1) is 14.1. The third-order valence-corrected chi connectivity index (χ3v) is 3.31. The largest absolute Gasteiger partial charge is 0.464 e. The van der Waals surface area contributed by atoms with Crippen molar-refractivity contribution in [1.29, 1.82) is 0 Å². The number of ether oxygens (including phenoxy) is 2. The van der Waals surface area contributed by atoms with Crippen LogP contribution in [0, 0.1) is 0 Å². The summed E-state index contributed by atoms with van der Waals surface area (Å²) in [7, 11) is 0. The average molecular weight is 270 g/mol.